The van der Waals surface area contributed by atoms with Crippen molar-refractivity contribution in [1.29, 1.82) is 0 Å². The number of nitrogens with two attached hydrogens (primary N) is 1. The molecule has 0 fully saturated rings. The number of carbonyl (C=O) groups is 9. The van der Waals surface area contributed by atoms with Crippen molar-refractivity contribution in [2.24, 2.45) is 5.90 Å². The molecule has 0 saturated heterocycles. The highest BCUT2D eigenvalue weighted by atomic mass is 79.9. The quantitative estimate of drug-likeness (QED) is 0.0732. The summed E-state index contributed by atoms with van der Waals surface area (Å²) in [6, 6.07) is 19.0. The standard InChI is InChI=1S/2C12H11NO5.C8H5NO3.C4H7BrO2.CH5NO.CH4.ClH/c2*1-2-17-10(14)7-18-13-11(15)8-5-3-4-6-9(8)12(13)16;10-7-5-3-1-2-4-6(5)8(11)9(7)12;1-2-7-4(6)3-5;1-3-2;;/h2*3-6H,2,7H2,1H3;1-4,12H;2-3H2,1H3;2H2,1H3;1H4;1H. The summed E-state index contributed by atoms with van der Waals surface area (Å²) in [6.45, 7) is 5.03. The first-order valence-corrected chi connectivity index (χ1v) is 18.0. The van der Waals surface area contributed by atoms with Crippen LogP contribution in [0.4, 0.5) is 0 Å². The van der Waals surface area contributed by atoms with Crippen molar-refractivity contribution < 1.29 is 77.1 Å². The molecule has 0 saturated carbocycles. The molecular formula is C38H44BrClN4O16. The van der Waals surface area contributed by atoms with Gasteiger partial charge in [0.05, 0.1) is 60.3 Å². The van der Waals surface area contributed by atoms with Crippen LogP contribution in [0.15, 0.2) is 72.8 Å². The predicted molar refractivity (Wildman–Crippen MR) is 213 cm³/mol. The lowest BCUT2D eigenvalue weighted by Gasteiger charge is -2.12. The van der Waals surface area contributed by atoms with Gasteiger partial charge in [0.25, 0.3) is 35.4 Å². The topological polar surface area (TPSA) is 265 Å². The first-order valence-electron chi connectivity index (χ1n) is 16.9. The number of hydrogen-bond acceptors (Lipinski definition) is 17. The summed E-state index contributed by atoms with van der Waals surface area (Å²) in [5.41, 5.74) is 1.59. The van der Waals surface area contributed by atoms with Gasteiger partial charge in [-0.3, -0.25) is 48.4 Å². The molecule has 6 rings (SSSR count). The molecule has 20 nitrogen and oxygen atoms in total. The van der Waals surface area contributed by atoms with Crippen LogP contribution >= 0.6 is 28.3 Å². The van der Waals surface area contributed by atoms with Crippen molar-refractivity contribution in [2.75, 3.05) is 45.5 Å². The molecule has 0 aromatic heterocycles. The third-order valence-corrected chi connectivity index (χ3v) is 7.39. The first kappa shape index (κ1) is 54.1. The molecule has 326 valence electrons. The molecule has 3 aromatic rings. The molecule has 22 heteroatoms. The van der Waals surface area contributed by atoms with Crippen molar-refractivity contribution >= 4 is 81.7 Å². The van der Waals surface area contributed by atoms with Crippen LogP contribution in [0.2, 0.25) is 0 Å². The Morgan fingerprint density at radius 1 is 0.550 bits per heavy atom. The third-order valence-electron chi connectivity index (χ3n) is 6.93. The lowest BCUT2D eigenvalue weighted by Crippen LogP contribution is -2.32. The van der Waals surface area contributed by atoms with E-state index in [1.165, 1.54) is 43.5 Å². The van der Waals surface area contributed by atoms with E-state index >= 15 is 0 Å². The number of nitrogens with zero attached hydrogens (tertiary/aromatic N) is 3. The molecule has 0 unspecified atom stereocenters. The summed E-state index contributed by atoms with van der Waals surface area (Å²) in [7, 11) is 1.40. The molecular weight excluding hydrogens is 884 g/mol. The van der Waals surface area contributed by atoms with Crippen LogP contribution in [0.25, 0.3) is 0 Å². The van der Waals surface area contributed by atoms with Gasteiger partial charge in [-0.2, -0.15) is 0 Å². The number of alkyl halides is 1. The van der Waals surface area contributed by atoms with Gasteiger partial charge in [-0.15, -0.1) is 27.6 Å². The second kappa shape index (κ2) is 27.7. The van der Waals surface area contributed by atoms with Crippen LogP contribution in [0, 0.1) is 0 Å². The van der Waals surface area contributed by atoms with Crippen LogP contribution in [0.1, 0.15) is 90.3 Å². The number of imide groups is 3. The van der Waals surface area contributed by atoms with Gasteiger partial charge in [0.2, 0.25) is 0 Å². The van der Waals surface area contributed by atoms with E-state index in [2.05, 4.69) is 40.9 Å². The Bertz CT molecular complexity index is 1800. The van der Waals surface area contributed by atoms with Gasteiger partial charge in [-0.25, -0.2) is 15.5 Å². The highest BCUT2D eigenvalue weighted by Crippen LogP contribution is 2.24. The summed E-state index contributed by atoms with van der Waals surface area (Å²) in [4.78, 5) is 115. The SMILES string of the molecule is C.CCOC(=O)CBr.CCOC(=O)CON1C(=O)c2ccccc2C1=O.CCOC(=O)CON1C(=O)c2ccccc2C1=O.CON.Cl.O=C1c2ccccc2C(=O)N1O. The Morgan fingerprint density at radius 2 is 0.783 bits per heavy atom. The molecule has 3 aromatic carbocycles. The van der Waals surface area contributed by atoms with E-state index in [4.69, 9.17) is 14.9 Å². The lowest BCUT2D eigenvalue weighted by molar-refractivity contribution is -0.161. The van der Waals surface area contributed by atoms with Crippen molar-refractivity contribution in [3.8, 4) is 0 Å². The molecule has 3 N–H and O–H groups in total. The fourth-order valence-electron chi connectivity index (χ4n) is 4.58. The summed E-state index contributed by atoms with van der Waals surface area (Å²) >= 11 is 2.94. The van der Waals surface area contributed by atoms with Gasteiger partial charge >= 0.3 is 17.9 Å². The van der Waals surface area contributed by atoms with Gasteiger partial charge in [0.1, 0.15) is 5.33 Å². The number of amides is 6. The predicted octanol–water partition coefficient (Wildman–Crippen LogP) is 3.74. The number of benzene rings is 3. The highest BCUT2D eigenvalue weighted by molar-refractivity contribution is 9.09. The van der Waals surface area contributed by atoms with Gasteiger partial charge in [0.15, 0.2) is 13.2 Å². The maximum absolute atomic E-state index is 11.8. The fraction of sp³-hybridized carbons (Fsp3) is 0.289. The van der Waals surface area contributed by atoms with E-state index in [1.807, 2.05) is 0 Å². The number of carbonyl (C=O) groups excluding carboxylic acids is 9. The number of hydrogen-bond donors (Lipinski definition) is 2. The minimum atomic E-state index is -0.657. The van der Waals surface area contributed by atoms with Gasteiger partial charge < -0.3 is 19.0 Å². The molecule has 3 aliphatic rings. The van der Waals surface area contributed by atoms with E-state index in [0.717, 1.165) is 0 Å². The number of esters is 3. The van der Waals surface area contributed by atoms with Crippen molar-refractivity contribution in [3.05, 3.63) is 106 Å². The average Bonchev–Trinajstić information content (AvgIpc) is 3.72. The molecule has 3 aliphatic heterocycles. The molecule has 0 radical (unpaired) electrons. The normalized spacial score (nSPS) is 12.6. The molecule has 0 aliphatic carbocycles. The Kier molecular flexibility index (Phi) is 25.0. The zero-order chi connectivity index (χ0) is 43.4. The van der Waals surface area contributed by atoms with Crippen LogP contribution < -0.4 is 5.90 Å². The second-order valence-corrected chi connectivity index (χ2v) is 11.3. The van der Waals surface area contributed by atoms with E-state index in [-0.39, 0.29) is 77.5 Å². The zero-order valence-corrected chi connectivity index (χ0v) is 34.3. The van der Waals surface area contributed by atoms with Gasteiger partial charge in [-0.05, 0) is 57.2 Å². The number of halogens is 2. The van der Waals surface area contributed by atoms with Crippen LogP contribution in [-0.4, -0.2) is 119 Å². The summed E-state index contributed by atoms with van der Waals surface area (Å²) in [5.74, 6) is -0.712. The van der Waals surface area contributed by atoms with Crippen molar-refractivity contribution in [3.63, 3.8) is 0 Å². The van der Waals surface area contributed by atoms with Gasteiger partial charge in [0, 0.05) is 0 Å². The van der Waals surface area contributed by atoms with Crippen LogP contribution in [-0.2, 0) is 43.1 Å². The minimum Gasteiger partial charge on any atom is -0.465 e. The first-order chi connectivity index (χ1) is 27.7. The second-order valence-electron chi connectivity index (χ2n) is 10.7. The number of hydroxylamine groups is 6. The molecule has 0 atom stereocenters. The Hall–Kier alpha value is -5.94. The zero-order valence-electron chi connectivity index (χ0n) is 31.9. The summed E-state index contributed by atoms with van der Waals surface area (Å²) in [5, 5.41) is 10.5. The van der Waals surface area contributed by atoms with E-state index in [1.54, 1.807) is 57.2 Å². The lowest BCUT2D eigenvalue weighted by atomic mass is 10.1. The Balaban J connectivity index is 0.000000781. The van der Waals surface area contributed by atoms with Gasteiger partial charge in [-0.1, -0.05) is 59.8 Å². The number of fused-ring (bicyclic) bond motifs is 3. The maximum Gasteiger partial charge on any atom is 0.334 e. The monoisotopic (exact) mass is 926 g/mol. The molecule has 60 heavy (non-hydrogen) atoms. The van der Waals surface area contributed by atoms with Crippen LogP contribution in [0.3, 0.4) is 0 Å². The number of rotatable bonds is 10. The largest absolute Gasteiger partial charge is 0.465 e. The molecule has 0 spiro atoms. The van der Waals surface area contributed by atoms with Crippen molar-refractivity contribution in [2.45, 2.75) is 28.2 Å². The van der Waals surface area contributed by atoms with Crippen molar-refractivity contribution in [1.82, 2.24) is 15.2 Å². The smallest absolute Gasteiger partial charge is 0.334 e. The average molecular weight is 928 g/mol. The summed E-state index contributed by atoms with van der Waals surface area (Å²) in [6.07, 6.45) is 0. The minimum absolute atomic E-state index is 0. The molecule has 3 heterocycles. The van der Waals surface area contributed by atoms with E-state index in [9.17, 15) is 43.2 Å². The van der Waals surface area contributed by atoms with E-state index < -0.39 is 60.6 Å². The molecule has 0 bridgehead atoms. The van der Waals surface area contributed by atoms with E-state index in [0.29, 0.717) is 22.1 Å². The summed E-state index contributed by atoms with van der Waals surface area (Å²) < 4.78 is 13.8. The highest BCUT2D eigenvalue weighted by Gasteiger charge is 2.38. The Morgan fingerprint density at radius 3 is 1.00 bits per heavy atom. The third kappa shape index (κ3) is 14.7. The van der Waals surface area contributed by atoms with Crippen LogP contribution in [0.5, 0.6) is 0 Å². The maximum atomic E-state index is 11.8. The number of ether oxygens (including phenoxy) is 3. The Labute approximate surface area is 358 Å². The molecule has 6 amide bonds. The fourth-order valence-corrected chi connectivity index (χ4v) is 4.75.